The molecule has 0 aromatic rings. The number of rotatable bonds is 6. The second-order valence-electron chi connectivity index (χ2n) is 6.34. The number of nitrogens with zero attached hydrogens (tertiary/aromatic N) is 1. The minimum absolute atomic E-state index is 0. The molecule has 1 heterocycles. The lowest BCUT2D eigenvalue weighted by Gasteiger charge is -2.36. The summed E-state index contributed by atoms with van der Waals surface area (Å²) in [6.45, 7) is 7.25. The van der Waals surface area contributed by atoms with E-state index in [4.69, 9.17) is 0 Å². The standard InChI is InChI=1S/C14H26F3N3O.ClH/c1-4-13(2,3)9-12(21)19-10-11(14(15,16)17)20-7-5-18-6-8-20;/h11,18H,4-10H2,1-3H3,(H,19,21);1H. The van der Waals surface area contributed by atoms with E-state index in [1.165, 1.54) is 4.90 Å². The van der Waals surface area contributed by atoms with Crippen molar-refractivity contribution in [2.75, 3.05) is 32.7 Å². The number of halogens is 4. The highest BCUT2D eigenvalue weighted by atomic mass is 35.5. The fourth-order valence-electron chi connectivity index (χ4n) is 2.28. The smallest absolute Gasteiger partial charge is 0.354 e. The quantitative estimate of drug-likeness (QED) is 0.775. The van der Waals surface area contributed by atoms with Crippen molar-refractivity contribution in [3.8, 4) is 0 Å². The van der Waals surface area contributed by atoms with Crippen LogP contribution in [0.25, 0.3) is 0 Å². The van der Waals surface area contributed by atoms with Gasteiger partial charge in [0.1, 0.15) is 6.04 Å². The summed E-state index contributed by atoms with van der Waals surface area (Å²) in [4.78, 5) is 13.2. The number of hydrogen-bond donors (Lipinski definition) is 2. The van der Waals surface area contributed by atoms with Gasteiger partial charge >= 0.3 is 6.18 Å². The fourth-order valence-corrected chi connectivity index (χ4v) is 2.28. The summed E-state index contributed by atoms with van der Waals surface area (Å²) in [6, 6.07) is -1.60. The highest BCUT2D eigenvalue weighted by Crippen LogP contribution is 2.26. The van der Waals surface area contributed by atoms with E-state index < -0.39 is 12.2 Å². The maximum atomic E-state index is 13.1. The molecule has 0 aliphatic carbocycles. The van der Waals surface area contributed by atoms with Crippen LogP contribution in [0.5, 0.6) is 0 Å². The minimum atomic E-state index is -4.33. The number of carbonyl (C=O) groups is 1. The Morgan fingerprint density at radius 2 is 1.82 bits per heavy atom. The Balaban J connectivity index is 0.00000441. The SMILES string of the molecule is CCC(C)(C)CC(=O)NCC(N1CCNCC1)C(F)(F)F.Cl. The van der Waals surface area contributed by atoms with Crippen molar-refractivity contribution in [1.29, 1.82) is 0 Å². The number of nitrogens with one attached hydrogen (secondary N) is 2. The van der Waals surface area contributed by atoms with E-state index >= 15 is 0 Å². The van der Waals surface area contributed by atoms with Gasteiger partial charge in [0.25, 0.3) is 0 Å². The lowest BCUT2D eigenvalue weighted by atomic mass is 9.86. The molecule has 0 aromatic heterocycles. The first-order valence-corrected chi connectivity index (χ1v) is 7.44. The zero-order valence-corrected chi connectivity index (χ0v) is 14.2. The first kappa shape index (κ1) is 21.5. The molecule has 8 heteroatoms. The van der Waals surface area contributed by atoms with E-state index in [9.17, 15) is 18.0 Å². The molecule has 1 atom stereocenters. The molecule has 22 heavy (non-hydrogen) atoms. The van der Waals surface area contributed by atoms with Gasteiger partial charge in [0.05, 0.1) is 0 Å². The normalized spacial score (nSPS) is 18.5. The van der Waals surface area contributed by atoms with E-state index in [1.54, 1.807) is 0 Å². The third kappa shape index (κ3) is 7.15. The fraction of sp³-hybridized carbons (Fsp3) is 0.929. The van der Waals surface area contributed by atoms with Crippen LogP contribution in [0.15, 0.2) is 0 Å². The summed E-state index contributed by atoms with van der Waals surface area (Å²) in [7, 11) is 0. The topological polar surface area (TPSA) is 44.4 Å². The maximum Gasteiger partial charge on any atom is 0.405 e. The molecule has 0 bridgehead atoms. The van der Waals surface area contributed by atoms with Crippen molar-refractivity contribution in [2.24, 2.45) is 5.41 Å². The average Bonchev–Trinajstić information content (AvgIpc) is 2.38. The summed E-state index contributed by atoms with van der Waals surface area (Å²) in [5.41, 5.74) is -0.188. The van der Waals surface area contributed by atoms with Gasteiger partial charge in [0, 0.05) is 39.1 Å². The van der Waals surface area contributed by atoms with Gasteiger partial charge in [-0.2, -0.15) is 13.2 Å². The van der Waals surface area contributed by atoms with E-state index in [0.29, 0.717) is 26.2 Å². The number of amides is 1. The van der Waals surface area contributed by atoms with Gasteiger partial charge in [-0.3, -0.25) is 9.69 Å². The Bertz CT molecular complexity index is 345. The van der Waals surface area contributed by atoms with Gasteiger partial charge in [-0.05, 0) is 5.41 Å². The highest BCUT2D eigenvalue weighted by Gasteiger charge is 2.43. The van der Waals surface area contributed by atoms with E-state index in [-0.39, 0.29) is 36.7 Å². The van der Waals surface area contributed by atoms with Gasteiger partial charge in [-0.1, -0.05) is 27.2 Å². The molecular weight excluding hydrogens is 319 g/mol. The molecule has 1 unspecified atom stereocenters. The number of hydrogen-bond acceptors (Lipinski definition) is 3. The molecule has 0 spiro atoms. The number of carbonyl (C=O) groups excluding carboxylic acids is 1. The Hall–Kier alpha value is -0.530. The molecule has 132 valence electrons. The number of piperazine rings is 1. The average molecular weight is 346 g/mol. The predicted octanol–water partition coefficient (Wildman–Crippen LogP) is 2.19. The van der Waals surface area contributed by atoms with Crippen LogP contribution in [-0.2, 0) is 4.79 Å². The van der Waals surface area contributed by atoms with Gasteiger partial charge in [-0.25, -0.2) is 0 Å². The van der Waals surface area contributed by atoms with Crippen LogP contribution in [0.1, 0.15) is 33.6 Å². The number of alkyl halides is 3. The van der Waals surface area contributed by atoms with E-state index in [1.807, 2.05) is 20.8 Å². The van der Waals surface area contributed by atoms with Crippen LogP contribution in [0.2, 0.25) is 0 Å². The van der Waals surface area contributed by atoms with Gasteiger partial charge < -0.3 is 10.6 Å². The van der Waals surface area contributed by atoms with E-state index in [0.717, 1.165) is 6.42 Å². The highest BCUT2D eigenvalue weighted by molar-refractivity contribution is 5.85. The van der Waals surface area contributed by atoms with E-state index in [2.05, 4.69) is 10.6 Å². The molecule has 1 rings (SSSR count). The third-order valence-corrected chi connectivity index (χ3v) is 4.06. The summed E-state index contributed by atoms with van der Waals surface area (Å²) >= 11 is 0. The molecule has 1 aliphatic rings. The second-order valence-corrected chi connectivity index (χ2v) is 6.34. The van der Waals surface area contributed by atoms with Gasteiger partial charge in [-0.15, -0.1) is 12.4 Å². The van der Waals surface area contributed by atoms with Gasteiger partial charge in [0.15, 0.2) is 0 Å². The van der Waals surface area contributed by atoms with Crippen molar-refractivity contribution in [3.05, 3.63) is 0 Å². The molecule has 1 amide bonds. The Morgan fingerprint density at radius 1 is 1.27 bits per heavy atom. The lowest BCUT2D eigenvalue weighted by molar-refractivity contribution is -0.184. The first-order chi connectivity index (χ1) is 9.65. The minimum Gasteiger partial charge on any atom is -0.354 e. The summed E-state index contributed by atoms with van der Waals surface area (Å²) < 4.78 is 39.4. The first-order valence-electron chi connectivity index (χ1n) is 7.44. The lowest BCUT2D eigenvalue weighted by Crippen LogP contribution is -2.57. The third-order valence-electron chi connectivity index (χ3n) is 4.06. The maximum absolute atomic E-state index is 13.1. The van der Waals surface area contributed by atoms with Crippen molar-refractivity contribution in [1.82, 2.24) is 15.5 Å². The molecule has 1 fully saturated rings. The molecule has 4 nitrogen and oxygen atoms in total. The van der Waals surface area contributed by atoms with Crippen molar-refractivity contribution in [3.63, 3.8) is 0 Å². The zero-order chi connectivity index (χ0) is 16.1. The molecule has 0 saturated carbocycles. The summed E-state index contributed by atoms with van der Waals surface area (Å²) in [5, 5.41) is 5.48. The summed E-state index contributed by atoms with van der Waals surface area (Å²) in [6.07, 6.45) is -3.28. The van der Waals surface area contributed by atoms with Gasteiger partial charge in [0.2, 0.25) is 5.91 Å². The Kier molecular flexibility index (Phi) is 8.72. The predicted molar refractivity (Wildman–Crippen MR) is 83.2 cm³/mol. The Labute approximate surface area is 136 Å². The molecule has 0 aromatic carbocycles. The Morgan fingerprint density at radius 3 is 2.27 bits per heavy atom. The monoisotopic (exact) mass is 345 g/mol. The van der Waals surface area contributed by atoms with Crippen LogP contribution in [-0.4, -0.2) is 55.7 Å². The van der Waals surface area contributed by atoms with Crippen LogP contribution in [0.4, 0.5) is 13.2 Å². The molecular formula is C14H27ClF3N3O. The summed E-state index contributed by atoms with van der Waals surface area (Å²) in [5.74, 6) is -0.314. The largest absolute Gasteiger partial charge is 0.405 e. The second kappa shape index (κ2) is 8.93. The van der Waals surface area contributed by atoms with Crippen molar-refractivity contribution in [2.45, 2.75) is 45.8 Å². The molecule has 1 saturated heterocycles. The van der Waals surface area contributed by atoms with Crippen molar-refractivity contribution < 1.29 is 18.0 Å². The van der Waals surface area contributed by atoms with Crippen LogP contribution in [0.3, 0.4) is 0 Å². The van der Waals surface area contributed by atoms with Crippen LogP contribution in [0, 0.1) is 5.41 Å². The zero-order valence-electron chi connectivity index (χ0n) is 13.4. The molecule has 0 radical (unpaired) electrons. The molecule has 2 N–H and O–H groups in total. The van der Waals surface area contributed by atoms with Crippen molar-refractivity contribution >= 4 is 18.3 Å². The molecule has 1 aliphatic heterocycles. The van der Waals surface area contributed by atoms with Crippen LogP contribution >= 0.6 is 12.4 Å². The van der Waals surface area contributed by atoms with Crippen LogP contribution < -0.4 is 10.6 Å².